The highest BCUT2D eigenvalue weighted by molar-refractivity contribution is 7.11. The average molecular weight is 442 g/mol. The lowest BCUT2D eigenvalue weighted by molar-refractivity contribution is 1.25. The molecule has 0 radical (unpaired) electrons. The van der Waals surface area contributed by atoms with Crippen molar-refractivity contribution in [2.75, 3.05) is 0 Å². The van der Waals surface area contributed by atoms with Crippen LogP contribution in [0.2, 0.25) is 0 Å². The summed E-state index contributed by atoms with van der Waals surface area (Å²) in [6.07, 6.45) is 1.89. The molecule has 0 N–H and O–H groups in total. The summed E-state index contributed by atoms with van der Waals surface area (Å²) in [6, 6.07) is 47.2. The van der Waals surface area contributed by atoms with E-state index in [1.54, 1.807) is 0 Å². The van der Waals surface area contributed by atoms with Gasteiger partial charge in [-0.3, -0.25) is 4.98 Å². The predicted molar refractivity (Wildman–Crippen MR) is 142 cm³/mol. The van der Waals surface area contributed by atoms with E-state index in [0.29, 0.717) is 0 Å². The third-order valence-corrected chi connectivity index (χ3v) is 11.4. The van der Waals surface area contributed by atoms with Gasteiger partial charge in [0.2, 0.25) is 0 Å². The fourth-order valence-electron chi connectivity index (χ4n) is 5.01. The Hall–Kier alpha value is -3.75. The van der Waals surface area contributed by atoms with Gasteiger partial charge in [0.1, 0.15) is 0 Å². The number of pyridine rings is 1. The molecule has 0 aliphatic rings. The van der Waals surface area contributed by atoms with E-state index in [-0.39, 0.29) is 0 Å². The molecular weight excluding hydrogens is 414 g/mol. The zero-order valence-electron chi connectivity index (χ0n) is 18.9. The molecule has 5 aromatic rings. The number of aryl methyl sites for hydroxylation is 1. The number of rotatable bonds is 6. The van der Waals surface area contributed by atoms with Gasteiger partial charge in [0.25, 0.3) is 0 Å². The van der Waals surface area contributed by atoms with Crippen molar-refractivity contribution in [3.05, 3.63) is 145 Å². The van der Waals surface area contributed by atoms with Gasteiger partial charge < -0.3 is 0 Å². The molecule has 160 valence electrons. The first kappa shape index (κ1) is 21.1. The van der Waals surface area contributed by atoms with Crippen molar-refractivity contribution in [1.82, 2.24) is 4.98 Å². The first-order chi connectivity index (χ1) is 16.3. The van der Waals surface area contributed by atoms with Crippen LogP contribution in [0.3, 0.4) is 0 Å². The molecule has 0 saturated carbocycles. The van der Waals surface area contributed by atoms with Crippen LogP contribution in [0.5, 0.6) is 0 Å². The van der Waals surface area contributed by atoms with Crippen LogP contribution in [-0.4, -0.2) is 13.1 Å². The topological polar surface area (TPSA) is 12.9 Å². The van der Waals surface area contributed by atoms with E-state index in [9.17, 15) is 0 Å². The summed E-state index contributed by atoms with van der Waals surface area (Å²) >= 11 is 0. The van der Waals surface area contributed by atoms with E-state index >= 15 is 0 Å². The molecule has 0 atom stereocenters. The molecule has 2 heteroatoms. The molecular formula is C31H27NSi. The Kier molecular flexibility index (Phi) is 6.01. The van der Waals surface area contributed by atoms with Gasteiger partial charge in [-0.1, -0.05) is 115 Å². The van der Waals surface area contributed by atoms with E-state index in [2.05, 4.69) is 128 Å². The van der Waals surface area contributed by atoms with Crippen LogP contribution in [-0.2, 0) is 6.04 Å². The van der Waals surface area contributed by atoms with Crippen molar-refractivity contribution < 1.29 is 0 Å². The van der Waals surface area contributed by atoms with Gasteiger partial charge in [0.05, 0.1) is 5.69 Å². The minimum atomic E-state index is -2.38. The largest absolute Gasteiger partial charge is 0.256 e. The van der Waals surface area contributed by atoms with Gasteiger partial charge in [0.15, 0.2) is 8.07 Å². The van der Waals surface area contributed by atoms with E-state index in [1.807, 2.05) is 12.3 Å². The molecule has 0 spiro atoms. The summed E-state index contributed by atoms with van der Waals surface area (Å²) in [5, 5.41) is 4.28. The zero-order valence-corrected chi connectivity index (χ0v) is 19.9. The first-order valence-electron chi connectivity index (χ1n) is 11.5. The highest BCUT2D eigenvalue weighted by Crippen LogP contribution is 2.28. The van der Waals surface area contributed by atoms with E-state index in [1.165, 1.54) is 32.3 Å². The molecule has 0 aliphatic carbocycles. The number of nitrogens with zero attached hydrogens (tertiary/aromatic N) is 1. The van der Waals surface area contributed by atoms with Gasteiger partial charge in [0, 0.05) is 11.8 Å². The lowest BCUT2D eigenvalue weighted by Crippen LogP contribution is -2.68. The lowest BCUT2D eigenvalue weighted by atomic mass is 9.99. The van der Waals surface area contributed by atoms with Gasteiger partial charge in [-0.05, 0) is 51.8 Å². The summed E-state index contributed by atoms with van der Waals surface area (Å²) in [6.45, 7) is 2.20. The molecule has 0 fully saturated rings. The molecule has 33 heavy (non-hydrogen) atoms. The monoisotopic (exact) mass is 441 g/mol. The Morgan fingerprint density at radius 1 is 0.545 bits per heavy atom. The van der Waals surface area contributed by atoms with Crippen LogP contribution in [0.15, 0.2) is 134 Å². The molecule has 1 nitrogen and oxygen atoms in total. The second-order valence-corrected chi connectivity index (χ2v) is 12.4. The Bertz CT molecular complexity index is 1220. The Morgan fingerprint density at radius 2 is 1.06 bits per heavy atom. The quantitative estimate of drug-likeness (QED) is 0.257. The van der Waals surface area contributed by atoms with Crippen molar-refractivity contribution in [2.24, 2.45) is 0 Å². The van der Waals surface area contributed by atoms with Gasteiger partial charge in [-0.2, -0.15) is 0 Å². The molecule has 0 aliphatic heterocycles. The van der Waals surface area contributed by atoms with Crippen LogP contribution in [0.25, 0.3) is 11.3 Å². The second-order valence-electron chi connectivity index (χ2n) is 8.50. The minimum Gasteiger partial charge on any atom is -0.256 e. The van der Waals surface area contributed by atoms with Crippen LogP contribution < -0.4 is 15.6 Å². The van der Waals surface area contributed by atoms with Crippen LogP contribution in [0.1, 0.15) is 11.1 Å². The number of hydrogen-bond donors (Lipinski definition) is 0. The van der Waals surface area contributed by atoms with Crippen LogP contribution >= 0.6 is 0 Å². The minimum absolute atomic E-state index is 0.971. The Labute approximate surface area is 197 Å². The van der Waals surface area contributed by atoms with Crippen LogP contribution in [0, 0.1) is 6.92 Å². The summed E-state index contributed by atoms with van der Waals surface area (Å²) in [4.78, 5) is 4.73. The van der Waals surface area contributed by atoms with Crippen molar-refractivity contribution in [3.8, 4) is 11.3 Å². The van der Waals surface area contributed by atoms with Gasteiger partial charge in [-0.25, -0.2) is 0 Å². The average Bonchev–Trinajstić information content (AvgIpc) is 2.89. The normalized spacial score (nSPS) is 11.3. The summed E-state index contributed by atoms with van der Waals surface area (Å²) < 4.78 is 0. The summed E-state index contributed by atoms with van der Waals surface area (Å²) in [5.74, 6) is 0. The molecule has 1 heterocycles. The molecule has 5 rings (SSSR count). The maximum atomic E-state index is 4.73. The fourth-order valence-corrected chi connectivity index (χ4v) is 9.78. The molecule has 0 bridgehead atoms. The molecule has 4 aromatic carbocycles. The zero-order chi connectivity index (χ0) is 22.5. The highest BCUT2D eigenvalue weighted by atomic mass is 28.3. The van der Waals surface area contributed by atoms with Crippen molar-refractivity contribution in [3.63, 3.8) is 0 Å². The molecule has 0 unspecified atom stereocenters. The Balaban J connectivity index is 1.80. The van der Waals surface area contributed by atoms with Crippen molar-refractivity contribution in [2.45, 2.75) is 13.0 Å². The summed E-state index contributed by atoms with van der Waals surface area (Å²) in [5.41, 5.74) is 4.93. The van der Waals surface area contributed by atoms with Gasteiger partial charge in [-0.15, -0.1) is 0 Å². The second kappa shape index (κ2) is 9.39. The number of aromatic nitrogens is 1. The number of benzene rings is 4. The van der Waals surface area contributed by atoms with E-state index < -0.39 is 8.07 Å². The van der Waals surface area contributed by atoms with Crippen molar-refractivity contribution in [1.29, 1.82) is 0 Å². The number of hydrogen-bond acceptors (Lipinski definition) is 1. The highest BCUT2D eigenvalue weighted by Gasteiger charge is 2.40. The predicted octanol–water partition coefficient (Wildman–Crippen LogP) is 5.31. The van der Waals surface area contributed by atoms with Crippen LogP contribution in [0.4, 0.5) is 0 Å². The molecule has 1 aromatic heterocycles. The maximum absolute atomic E-state index is 4.73. The maximum Gasteiger partial charge on any atom is 0.152 e. The third-order valence-electron chi connectivity index (χ3n) is 6.54. The first-order valence-corrected chi connectivity index (χ1v) is 13.7. The summed E-state index contributed by atoms with van der Waals surface area (Å²) in [7, 11) is -2.38. The molecule has 0 saturated heterocycles. The van der Waals surface area contributed by atoms with Crippen molar-refractivity contribution >= 4 is 23.6 Å². The lowest BCUT2D eigenvalue weighted by Gasteiger charge is -2.34. The van der Waals surface area contributed by atoms with E-state index in [0.717, 1.165) is 11.7 Å². The SMILES string of the molecule is Cc1cccc(C[Si](c2ccccc2)(c2ccccc2)c2ccccc2)c1-c1ccccn1. The van der Waals surface area contributed by atoms with Gasteiger partial charge >= 0.3 is 0 Å². The fraction of sp³-hybridized carbons (Fsp3) is 0.0645. The molecule has 0 amide bonds. The Morgan fingerprint density at radius 3 is 1.55 bits per heavy atom. The standard InChI is InChI=1S/C31H27NSi/c1-25-14-13-15-26(31(25)30-22-11-12-23-32-30)24-33(27-16-5-2-6-17-27,28-18-7-3-8-19-28)29-20-9-4-10-21-29/h2-23H,24H2,1H3. The van der Waals surface area contributed by atoms with E-state index in [4.69, 9.17) is 4.98 Å². The third kappa shape index (κ3) is 4.06. The smallest absolute Gasteiger partial charge is 0.152 e.